The Kier molecular flexibility index (Phi) is 3.81. The number of Topliss-reactive ketones (excluding diaryl/α,β-unsaturated/α-hetero) is 1. The van der Waals surface area contributed by atoms with Crippen molar-refractivity contribution in [1.29, 1.82) is 0 Å². The number of carbonyl (C=O) groups is 1. The van der Waals surface area contributed by atoms with Gasteiger partial charge in [0, 0.05) is 6.42 Å². The van der Waals surface area contributed by atoms with Gasteiger partial charge in [-0.15, -0.1) is 0 Å². The van der Waals surface area contributed by atoms with Crippen molar-refractivity contribution >= 4 is 11.5 Å². The van der Waals surface area contributed by atoms with Crippen LogP contribution in [0.5, 0.6) is 0 Å². The molecule has 2 atom stereocenters. The van der Waals surface area contributed by atoms with Gasteiger partial charge in [0.2, 0.25) is 0 Å². The Labute approximate surface area is 125 Å². The van der Waals surface area contributed by atoms with Crippen molar-refractivity contribution in [3.8, 4) is 0 Å². The second-order valence-corrected chi connectivity index (χ2v) is 6.81. The average molecular weight is 286 g/mol. The van der Waals surface area contributed by atoms with Crippen LogP contribution in [-0.4, -0.2) is 24.1 Å². The molecule has 0 radical (unpaired) electrons. The molecular formula is C17H22N2O2. The minimum absolute atomic E-state index is 0.0706. The molecule has 0 spiro atoms. The predicted molar refractivity (Wildman–Crippen MR) is 82.0 cm³/mol. The Morgan fingerprint density at radius 2 is 2.05 bits per heavy atom. The third kappa shape index (κ3) is 3.16. The van der Waals surface area contributed by atoms with Crippen LogP contribution in [0.15, 0.2) is 35.4 Å². The van der Waals surface area contributed by atoms with Crippen molar-refractivity contribution in [2.75, 3.05) is 6.61 Å². The SMILES string of the molecule is CC1(C)CC(=O)[C@H]2C(COCc3ccccc3)=NN[C@H]2C1. The number of carbonyl (C=O) groups excluding carboxylic acids is 1. The van der Waals surface area contributed by atoms with Gasteiger partial charge in [0.25, 0.3) is 0 Å². The first kappa shape index (κ1) is 14.3. The fourth-order valence-electron chi connectivity index (χ4n) is 3.33. The predicted octanol–water partition coefficient (Wildman–Crippen LogP) is 2.54. The molecule has 1 aliphatic heterocycles. The van der Waals surface area contributed by atoms with E-state index >= 15 is 0 Å². The van der Waals surface area contributed by atoms with E-state index in [4.69, 9.17) is 4.74 Å². The lowest BCUT2D eigenvalue weighted by Crippen LogP contribution is -2.46. The molecule has 1 N–H and O–H groups in total. The standard InChI is InChI=1S/C17H22N2O2/c1-17(2)8-13-16(15(20)9-17)14(19-18-13)11-21-10-12-6-4-3-5-7-12/h3-7,13,16,18H,8-11H2,1-2H3/t13-,16+/m0/s1. The molecule has 4 heteroatoms. The number of ketones is 1. The van der Waals surface area contributed by atoms with Gasteiger partial charge in [-0.3, -0.25) is 4.79 Å². The number of fused-ring (bicyclic) bond motifs is 1. The molecule has 1 saturated carbocycles. The molecule has 0 amide bonds. The third-order valence-electron chi connectivity index (χ3n) is 4.27. The van der Waals surface area contributed by atoms with E-state index in [1.54, 1.807) is 0 Å². The molecule has 2 aliphatic rings. The number of benzene rings is 1. The summed E-state index contributed by atoms with van der Waals surface area (Å²) in [6.07, 6.45) is 1.61. The molecule has 1 aliphatic carbocycles. The van der Waals surface area contributed by atoms with Gasteiger partial charge in [0.15, 0.2) is 0 Å². The Hall–Kier alpha value is -1.68. The summed E-state index contributed by atoms with van der Waals surface area (Å²) in [5.74, 6) is 0.206. The minimum Gasteiger partial charge on any atom is -0.371 e. The van der Waals surface area contributed by atoms with Crippen molar-refractivity contribution in [2.45, 2.75) is 39.3 Å². The number of nitrogens with one attached hydrogen (secondary N) is 1. The van der Waals surface area contributed by atoms with Crippen molar-refractivity contribution in [1.82, 2.24) is 5.43 Å². The fourth-order valence-corrected chi connectivity index (χ4v) is 3.33. The fraction of sp³-hybridized carbons (Fsp3) is 0.529. The molecule has 21 heavy (non-hydrogen) atoms. The topological polar surface area (TPSA) is 50.7 Å². The van der Waals surface area contributed by atoms with E-state index in [0.29, 0.717) is 25.4 Å². The molecule has 3 rings (SSSR count). The maximum atomic E-state index is 12.4. The van der Waals surface area contributed by atoms with Crippen LogP contribution in [0, 0.1) is 11.3 Å². The van der Waals surface area contributed by atoms with Crippen LogP contribution in [0.25, 0.3) is 0 Å². The summed E-state index contributed by atoms with van der Waals surface area (Å²) in [6.45, 7) is 5.27. The van der Waals surface area contributed by atoms with E-state index in [1.807, 2.05) is 30.3 Å². The molecule has 4 nitrogen and oxygen atoms in total. The second-order valence-electron chi connectivity index (χ2n) is 6.81. The van der Waals surface area contributed by atoms with Crippen LogP contribution < -0.4 is 5.43 Å². The molecule has 0 aromatic heterocycles. The van der Waals surface area contributed by atoms with E-state index in [2.05, 4.69) is 24.4 Å². The number of hydrazone groups is 1. The summed E-state index contributed by atoms with van der Waals surface area (Å²) in [4.78, 5) is 12.4. The van der Waals surface area contributed by atoms with Crippen molar-refractivity contribution in [3.05, 3.63) is 35.9 Å². The number of hydrogen-bond donors (Lipinski definition) is 1. The summed E-state index contributed by atoms with van der Waals surface area (Å²) in [6, 6.07) is 10.2. The van der Waals surface area contributed by atoms with E-state index in [9.17, 15) is 4.79 Å². The van der Waals surface area contributed by atoms with Crippen LogP contribution >= 0.6 is 0 Å². The third-order valence-corrected chi connectivity index (χ3v) is 4.27. The van der Waals surface area contributed by atoms with Gasteiger partial charge in [-0.25, -0.2) is 0 Å². The summed E-state index contributed by atoms with van der Waals surface area (Å²) >= 11 is 0. The molecule has 0 saturated heterocycles. The number of nitrogens with zero attached hydrogens (tertiary/aromatic N) is 1. The monoisotopic (exact) mass is 286 g/mol. The molecular weight excluding hydrogens is 264 g/mol. The lowest BCUT2D eigenvalue weighted by Gasteiger charge is -2.36. The average Bonchev–Trinajstić information content (AvgIpc) is 2.81. The normalized spacial score (nSPS) is 27.0. The summed E-state index contributed by atoms with van der Waals surface area (Å²) in [5.41, 5.74) is 5.19. The van der Waals surface area contributed by atoms with Gasteiger partial charge in [0.05, 0.1) is 30.9 Å². The smallest absolute Gasteiger partial charge is 0.144 e. The van der Waals surface area contributed by atoms with Crippen LogP contribution in [0.4, 0.5) is 0 Å². The maximum Gasteiger partial charge on any atom is 0.144 e. The Morgan fingerprint density at radius 1 is 1.29 bits per heavy atom. The molecule has 1 aromatic carbocycles. The lowest BCUT2D eigenvalue weighted by atomic mass is 9.69. The highest BCUT2D eigenvalue weighted by atomic mass is 16.5. The number of hydrogen-bond acceptors (Lipinski definition) is 4. The molecule has 1 heterocycles. The molecule has 1 aromatic rings. The van der Waals surface area contributed by atoms with Crippen LogP contribution in [0.1, 0.15) is 32.3 Å². The molecule has 0 unspecified atom stereocenters. The molecule has 112 valence electrons. The van der Waals surface area contributed by atoms with Crippen molar-refractivity contribution in [2.24, 2.45) is 16.4 Å². The largest absolute Gasteiger partial charge is 0.371 e. The van der Waals surface area contributed by atoms with Gasteiger partial charge in [0.1, 0.15) is 5.78 Å². The minimum atomic E-state index is -0.0891. The lowest BCUT2D eigenvalue weighted by molar-refractivity contribution is -0.126. The van der Waals surface area contributed by atoms with Crippen LogP contribution in [-0.2, 0) is 16.1 Å². The maximum absolute atomic E-state index is 12.4. The highest BCUT2D eigenvalue weighted by Gasteiger charge is 2.45. The number of rotatable bonds is 4. The zero-order valence-corrected chi connectivity index (χ0v) is 12.6. The zero-order chi connectivity index (χ0) is 14.9. The molecule has 1 fully saturated rings. The highest BCUT2D eigenvalue weighted by Crippen LogP contribution is 2.38. The first-order valence-corrected chi connectivity index (χ1v) is 7.51. The van der Waals surface area contributed by atoms with Gasteiger partial charge < -0.3 is 10.2 Å². The number of ether oxygens (including phenoxy) is 1. The van der Waals surface area contributed by atoms with E-state index < -0.39 is 0 Å². The van der Waals surface area contributed by atoms with Crippen molar-refractivity contribution in [3.63, 3.8) is 0 Å². The van der Waals surface area contributed by atoms with Crippen LogP contribution in [0.3, 0.4) is 0 Å². The van der Waals surface area contributed by atoms with E-state index in [1.165, 1.54) is 0 Å². The van der Waals surface area contributed by atoms with Gasteiger partial charge in [-0.2, -0.15) is 5.10 Å². The van der Waals surface area contributed by atoms with Crippen LogP contribution in [0.2, 0.25) is 0 Å². The first-order chi connectivity index (χ1) is 10.1. The Balaban J connectivity index is 1.57. The van der Waals surface area contributed by atoms with Gasteiger partial charge in [-0.1, -0.05) is 44.2 Å². The van der Waals surface area contributed by atoms with Crippen molar-refractivity contribution < 1.29 is 9.53 Å². The van der Waals surface area contributed by atoms with E-state index in [0.717, 1.165) is 17.7 Å². The summed E-state index contributed by atoms with van der Waals surface area (Å²) in [5, 5.41) is 4.35. The Morgan fingerprint density at radius 3 is 2.81 bits per heavy atom. The zero-order valence-electron chi connectivity index (χ0n) is 12.6. The quantitative estimate of drug-likeness (QED) is 0.925. The molecule has 0 bridgehead atoms. The highest BCUT2D eigenvalue weighted by molar-refractivity contribution is 6.08. The van der Waals surface area contributed by atoms with Gasteiger partial charge >= 0.3 is 0 Å². The van der Waals surface area contributed by atoms with Gasteiger partial charge in [-0.05, 0) is 17.4 Å². The van der Waals surface area contributed by atoms with E-state index in [-0.39, 0.29) is 17.4 Å². The first-order valence-electron chi connectivity index (χ1n) is 7.51. The second kappa shape index (κ2) is 5.60. The Bertz CT molecular complexity index is 551. The summed E-state index contributed by atoms with van der Waals surface area (Å²) in [7, 11) is 0. The summed E-state index contributed by atoms with van der Waals surface area (Å²) < 4.78 is 5.73.